The maximum Gasteiger partial charge on any atom is 0.307 e. The molecule has 0 bridgehead atoms. The van der Waals surface area contributed by atoms with Gasteiger partial charge in [-0.1, -0.05) is 61.9 Å². The minimum Gasteiger partial charge on any atom is -0.466 e. The number of carbonyl (C=O) groups is 1. The Morgan fingerprint density at radius 1 is 1.11 bits per heavy atom. The Morgan fingerprint density at radius 3 is 2.61 bits per heavy atom. The number of rotatable bonds is 10. The number of ether oxygens (including phenoxy) is 1. The molecule has 4 aromatic rings. The molecule has 1 N–H and O–H groups in total. The van der Waals surface area contributed by atoms with Gasteiger partial charge in [0.05, 0.1) is 19.1 Å². The number of esters is 1. The Hall–Kier alpha value is -4.01. The fraction of sp³-hybridized carbons (Fsp3) is 0.414. The maximum absolute atomic E-state index is 13.6. The molecule has 38 heavy (non-hydrogen) atoms. The van der Waals surface area contributed by atoms with Crippen molar-refractivity contribution in [2.75, 3.05) is 6.61 Å². The zero-order valence-corrected chi connectivity index (χ0v) is 22.0. The summed E-state index contributed by atoms with van der Waals surface area (Å²) in [5, 5.41) is 14.3. The number of fused-ring (bicyclic) bond motifs is 1. The molecule has 1 aliphatic heterocycles. The highest BCUT2D eigenvalue weighted by atomic mass is 16.5. The number of nitrogens with zero attached hydrogens (tertiary/aromatic N) is 5. The van der Waals surface area contributed by atoms with Gasteiger partial charge in [-0.3, -0.25) is 14.3 Å². The first-order valence-corrected chi connectivity index (χ1v) is 13.5. The second-order valence-electron chi connectivity index (χ2n) is 9.78. The lowest BCUT2D eigenvalue weighted by atomic mass is 9.96. The summed E-state index contributed by atoms with van der Waals surface area (Å²) in [4.78, 5) is 26.0. The third kappa shape index (κ3) is 5.18. The third-order valence-corrected chi connectivity index (χ3v) is 7.28. The van der Waals surface area contributed by atoms with Crippen LogP contribution in [-0.4, -0.2) is 42.6 Å². The first-order valence-electron chi connectivity index (χ1n) is 13.5. The van der Waals surface area contributed by atoms with E-state index in [1.807, 2.05) is 35.9 Å². The van der Waals surface area contributed by atoms with Crippen LogP contribution in [0.1, 0.15) is 68.8 Å². The lowest BCUT2D eigenvalue weighted by Gasteiger charge is -2.28. The molecule has 5 rings (SSSR count). The molecule has 0 fully saturated rings. The number of aromatic nitrogens is 6. The second-order valence-corrected chi connectivity index (χ2v) is 9.78. The van der Waals surface area contributed by atoms with Crippen LogP contribution in [0, 0.1) is 0 Å². The highest BCUT2D eigenvalue weighted by Crippen LogP contribution is 2.31. The SMILES string of the molecule is CCCCc1c(Cc2ccc(-c3ccccc3-c3nnn[nH]3)cc2)c(=O)n2n1C(CC(=O)OCC)CCC2. The first kappa shape index (κ1) is 25.6. The third-order valence-electron chi connectivity index (χ3n) is 7.28. The predicted octanol–water partition coefficient (Wildman–Crippen LogP) is 4.72. The van der Waals surface area contributed by atoms with Crippen LogP contribution in [0.15, 0.2) is 53.3 Å². The molecule has 3 heterocycles. The van der Waals surface area contributed by atoms with Crippen LogP contribution in [0.3, 0.4) is 0 Å². The van der Waals surface area contributed by atoms with E-state index in [1.54, 1.807) is 0 Å². The molecule has 0 saturated heterocycles. The van der Waals surface area contributed by atoms with Crippen molar-refractivity contribution in [1.29, 1.82) is 0 Å². The minimum atomic E-state index is -0.202. The fourth-order valence-electron chi connectivity index (χ4n) is 5.50. The summed E-state index contributed by atoms with van der Waals surface area (Å²) in [6.45, 7) is 5.04. The molecular weight excluding hydrogens is 480 g/mol. The summed E-state index contributed by atoms with van der Waals surface area (Å²) in [5.74, 6) is 0.419. The summed E-state index contributed by atoms with van der Waals surface area (Å²) in [6.07, 6.45) is 5.48. The number of hydrogen-bond acceptors (Lipinski definition) is 6. The van der Waals surface area contributed by atoms with Crippen LogP contribution >= 0.6 is 0 Å². The molecule has 198 valence electrons. The maximum atomic E-state index is 13.6. The summed E-state index contributed by atoms with van der Waals surface area (Å²) in [7, 11) is 0. The Morgan fingerprint density at radius 2 is 1.89 bits per heavy atom. The summed E-state index contributed by atoms with van der Waals surface area (Å²) in [6, 6.07) is 16.3. The number of aromatic amines is 1. The zero-order valence-electron chi connectivity index (χ0n) is 22.0. The molecule has 0 radical (unpaired) electrons. The normalized spacial score (nSPS) is 14.8. The predicted molar refractivity (Wildman–Crippen MR) is 145 cm³/mol. The molecule has 2 aromatic heterocycles. The minimum absolute atomic E-state index is 0.0411. The van der Waals surface area contributed by atoms with Crippen molar-refractivity contribution in [2.45, 2.75) is 71.4 Å². The molecule has 0 spiro atoms. The van der Waals surface area contributed by atoms with Crippen molar-refractivity contribution >= 4 is 5.97 Å². The highest BCUT2D eigenvalue weighted by molar-refractivity contribution is 5.80. The molecule has 1 aliphatic rings. The van der Waals surface area contributed by atoms with Gasteiger partial charge in [0.2, 0.25) is 0 Å². The van der Waals surface area contributed by atoms with Gasteiger partial charge >= 0.3 is 5.97 Å². The quantitative estimate of drug-likeness (QED) is 0.307. The van der Waals surface area contributed by atoms with E-state index in [9.17, 15) is 9.59 Å². The van der Waals surface area contributed by atoms with Crippen molar-refractivity contribution in [3.8, 4) is 22.5 Å². The van der Waals surface area contributed by atoms with Gasteiger partial charge in [0, 0.05) is 29.8 Å². The molecular formula is C29H34N6O3. The lowest BCUT2D eigenvalue weighted by Crippen LogP contribution is -2.32. The average molecular weight is 515 g/mol. The van der Waals surface area contributed by atoms with Crippen molar-refractivity contribution in [3.05, 3.63) is 75.7 Å². The van der Waals surface area contributed by atoms with Gasteiger partial charge in [-0.15, -0.1) is 5.10 Å². The van der Waals surface area contributed by atoms with Crippen LogP contribution in [-0.2, 0) is 28.9 Å². The van der Waals surface area contributed by atoms with Gasteiger partial charge in [-0.05, 0) is 59.7 Å². The summed E-state index contributed by atoms with van der Waals surface area (Å²) in [5.41, 5.74) is 6.06. The van der Waals surface area contributed by atoms with Crippen molar-refractivity contribution in [3.63, 3.8) is 0 Å². The van der Waals surface area contributed by atoms with Crippen LogP contribution in [0.5, 0.6) is 0 Å². The molecule has 1 unspecified atom stereocenters. The van der Waals surface area contributed by atoms with Gasteiger partial charge in [-0.25, -0.2) is 9.78 Å². The lowest BCUT2D eigenvalue weighted by molar-refractivity contribution is -0.144. The van der Waals surface area contributed by atoms with E-state index in [1.165, 1.54) is 0 Å². The topological polar surface area (TPSA) is 108 Å². The van der Waals surface area contributed by atoms with Gasteiger partial charge in [0.15, 0.2) is 5.82 Å². The molecule has 0 saturated carbocycles. The number of carbonyl (C=O) groups excluding carboxylic acids is 1. The largest absolute Gasteiger partial charge is 0.466 e. The van der Waals surface area contributed by atoms with E-state index in [-0.39, 0.29) is 17.6 Å². The molecule has 1 atom stereocenters. The van der Waals surface area contributed by atoms with Crippen molar-refractivity contribution in [2.24, 2.45) is 0 Å². The Bertz CT molecular complexity index is 1440. The number of tetrazole rings is 1. The van der Waals surface area contributed by atoms with Crippen LogP contribution in [0.4, 0.5) is 0 Å². The van der Waals surface area contributed by atoms with Gasteiger partial charge in [0.25, 0.3) is 5.56 Å². The van der Waals surface area contributed by atoms with Crippen molar-refractivity contribution in [1.82, 2.24) is 30.0 Å². The molecule has 0 amide bonds. The van der Waals surface area contributed by atoms with Crippen LogP contribution in [0.25, 0.3) is 22.5 Å². The Kier molecular flexibility index (Phi) is 7.81. The summed E-state index contributed by atoms with van der Waals surface area (Å²) >= 11 is 0. The van der Waals surface area contributed by atoms with E-state index in [0.29, 0.717) is 31.8 Å². The highest BCUT2D eigenvalue weighted by Gasteiger charge is 2.29. The van der Waals surface area contributed by atoms with E-state index in [4.69, 9.17) is 4.74 Å². The number of hydrogen-bond donors (Lipinski definition) is 1. The fourth-order valence-corrected chi connectivity index (χ4v) is 5.50. The molecule has 9 nitrogen and oxygen atoms in total. The van der Waals surface area contributed by atoms with Crippen LogP contribution < -0.4 is 5.56 Å². The first-order chi connectivity index (χ1) is 18.6. The molecule has 2 aromatic carbocycles. The standard InChI is InChI=1S/C29H34N6O3/c1-3-5-12-26-25(29(37)34-17-8-9-22(35(26)34)19-27(36)38-4-2)18-20-13-15-21(16-14-20)23-10-6-7-11-24(23)28-30-32-33-31-28/h6-7,10-11,13-16,22H,3-5,8-9,12,17-19H2,1-2H3,(H,30,31,32,33). The average Bonchev–Trinajstić information content (AvgIpc) is 3.56. The second kappa shape index (κ2) is 11.6. The van der Waals surface area contributed by atoms with E-state index in [0.717, 1.165) is 65.6 Å². The number of unbranched alkanes of at least 4 members (excludes halogenated alkanes) is 1. The monoisotopic (exact) mass is 514 g/mol. The van der Waals surface area contributed by atoms with Crippen molar-refractivity contribution < 1.29 is 9.53 Å². The van der Waals surface area contributed by atoms with Gasteiger partial charge in [-0.2, -0.15) is 0 Å². The van der Waals surface area contributed by atoms with E-state index >= 15 is 0 Å². The Labute approximate surface area is 221 Å². The number of H-pyrrole nitrogens is 1. The van der Waals surface area contributed by atoms with E-state index < -0.39 is 0 Å². The van der Waals surface area contributed by atoms with E-state index in [2.05, 4.69) is 56.5 Å². The zero-order chi connectivity index (χ0) is 26.5. The number of benzene rings is 2. The van der Waals surface area contributed by atoms with Crippen LogP contribution in [0.2, 0.25) is 0 Å². The van der Waals surface area contributed by atoms with Gasteiger partial charge in [0.1, 0.15) is 0 Å². The number of nitrogens with one attached hydrogen (secondary N) is 1. The molecule has 9 heteroatoms. The van der Waals surface area contributed by atoms with Gasteiger partial charge < -0.3 is 4.74 Å². The molecule has 0 aliphatic carbocycles. The summed E-state index contributed by atoms with van der Waals surface area (Å²) < 4.78 is 9.23. The smallest absolute Gasteiger partial charge is 0.307 e. The Balaban J connectivity index is 1.46.